The third kappa shape index (κ3) is 6.21. The zero-order valence-corrected chi connectivity index (χ0v) is 21.8. The van der Waals surface area contributed by atoms with Gasteiger partial charge in [0.05, 0.1) is 11.8 Å². The molecule has 1 amide bonds. The van der Waals surface area contributed by atoms with Crippen LogP contribution in [-0.2, 0) is 19.1 Å². The van der Waals surface area contributed by atoms with Crippen molar-refractivity contribution < 1.29 is 18.0 Å². The largest absolute Gasteiger partial charge is 0.416 e. The van der Waals surface area contributed by atoms with Gasteiger partial charge in [-0.05, 0) is 61.7 Å². The Hall–Kier alpha value is -3.94. The van der Waals surface area contributed by atoms with Crippen LogP contribution >= 0.6 is 0 Å². The van der Waals surface area contributed by atoms with Gasteiger partial charge in [0.1, 0.15) is 11.5 Å². The lowest BCUT2D eigenvalue weighted by Gasteiger charge is -2.33. The number of benzene rings is 2. The van der Waals surface area contributed by atoms with Crippen LogP contribution in [0, 0.1) is 18.8 Å². The van der Waals surface area contributed by atoms with Crippen molar-refractivity contribution in [2.75, 3.05) is 38.5 Å². The second kappa shape index (κ2) is 11.0. The molecule has 2 aliphatic heterocycles. The van der Waals surface area contributed by atoms with Crippen LogP contribution in [0.4, 0.5) is 18.9 Å². The fraction of sp³-hybridized carbons (Fsp3) is 0.345. The molecule has 39 heavy (non-hydrogen) atoms. The zero-order chi connectivity index (χ0) is 27.6. The fourth-order valence-electron chi connectivity index (χ4n) is 4.64. The van der Waals surface area contributed by atoms with E-state index in [1.54, 1.807) is 29.1 Å². The molecule has 2 aliphatic rings. The molecule has 3 heterocycles. The Labute approximate surface area is 225 Å². The van der Waals surface area contributed by atoms with Crippen molar-refractivity contribution in [1.82, 2.24) is 19.5 Å². The van der Waals surface area contributed by atoms with Crippen molar-refractivity contribution in [3.63, 3.8) is 0 Å². The predicted molar refractivity (Wildman–Crippen MR) is 144 cm³/mol. The summed E-state index contributed by atoms with van der Waals surface area (Å²) in [6.45, 7) is 5.14. The van der Waals surface area contributed by atoms with Gasteiger partial charge in [0, 0.05) is 62.2 Å². The van der Waals surface area contributed by atoms with Crippen LogP contribution < -0.4 is 5.32 Å². The van der Waals surface area contributed by atoms with Crippen molar-refractivity contribution in [3.8, 4) is 11.8 Å². The van der Waals surface area contributed by atoms with Gasteiger partial charge in [-0.2, -0.15) is 18.3 Å². The number of anilines is 1. The third-order valence-electron chi connectivity index (χ3n) is 6.99. The molecule has 1 N–H and O–H groups in total. The molecule has 0 radical (unpaired) electrons. The van der Waals surface area contributed by atoms with Crippen molar-refractivity contribution >= 4 is 17.8 Å². The Bertz CT molecular complexity index is 1470. The maximum atomic E-state index is 13.9. The molecule has 0 unspecified atom stereocenters. The highest BCUT2D eigenvalue weighted by Crippen LogP contribution is 2.34. The van der Waals surface area contributed by atoms with Gasteiger partial charge in [-0.15, -0.1) is 0 Å². The molecule has 10 heteroatoms. The minimum atomic E-state index is -4.54. The van der Waals surface area contributed by atoms with Gasteiger partial charge in [0.15, 0.2) is 0 Å². The lowest BCUT2D eigenvalue weighted by Crippen LogP contribution is -2.44. The number of fused-ring (bicyclic) bond motifs is 1. The lowest BCUT2D eigenvalue weighted by atomic mass is 10.0. The normalized spacial score (nSPS) is 15.9. The number of carbonyl (C=O) groups is 1. The van der Waals surface area contributed by atoms with E-state index in [4.69, 9.17) is 0 Å². The van der Waals surface area contributed by atoms with E-state index in [-0.39, 0.29) is 17.8 Å². The second-order valence-electron chi connectivity index (χ2n) is 9.89. The Morgan fingerprint density at radius 2 is 1.87 bits per heavy atom. The SMILES string of the molecule is Cc1ccc(C(=O)Nc2ccc(CN3CCN(C)CC3)c(C(F)(F)F)c2)cc1C#Cc1cnc2n1N=CCC2. The van der Waals surface area contributed by atoms with E-state index < -0.39 is 17.6 Å². The van der Waals surface area contributed by atoms with Crippen molar-refractivity contribution in [3.05, 3.63) is 81.9 Å². The van der Waals surface area contributed by atoms with E-state index in [9.17, 15) is 18.0 Å². The monoisotopic (exact) mass is 534 g/mol. The summed E-state index contributed by atoms with van der Waals surface area (Å²) < 4.78 is 43.5. The van der Waals surface area contributed by atoms with Crippen LogP contribution in [0.1, 0.15) is 50.6 Å². The summed E-state index contributed by atoms with van der Waals surface area (Å²) in [4.78, 5) is 21.5. The predicted octanol–water partition coefficient (Wildman–Crippen LogP) is 4.39. The number of piperazine rings is 1. The number of halogens is 3. The van der Waals surface area contributed by atoms with Crippen molar-refractivity contribution in [2.24, 2.45) is 5.10 Å². The summed E-state index contributed by atoms with van der Waals surface area (Å²) in [5.41, 5.74) is 2.00. The molecule has 2 aromatic carbocycles. The first kappa shape index (κ1) is 26.7. The van der Waals surface area contributed by atoms with Crippen LogP contribution in [0.25, 0.3) is 0 Å². The highest BCUT2D eigenvalue weighted by atomic mass is 19.4. The molecule has 0 atom stereocenters. The van der Waals surface area contributed by atoms with Crippen LogP contribution in [0.2, 0.25) is 0 Å². The maximum absolute atomic E-state index is 13.9. The summed E-state index contributed by atoms with van der Waals surface area (Å²) in [5.74, 6) is 6.48. The number of amides is 1. The Balaban J connectivity index is 1.34. The molecule has 5 rings (SSSR count). The summed E-state index contributed by atoms with van der Waals surface area (Å²) in [7, 11) is 2.00. The topological polar surface area (TPSA) is 65.8 Å². The number of nitrogens with one attached hydrogen (secondary N) is 1. The number of alkyl halides is 3. The smallest absolute Gasteiger partial charge is 0.322 e. The zero-order valence-electron chi connectivity index (χ0n) is 21.8. The second-order valence-corrected chi connectivity index (χ2v) is 9.89. The molecule has 1 aromatic heterocycles. The van der Waals surface area contributed by atoms with Crippen LogP contribution in [-0.4, -0.2) is 64.8 Å². The van der Waals surface area contributed by atoms with Crippen LogP contribution in [0.15, 0.2) is 47.7 Å². The van der Waals surface area contributed by atoms with Gasteiger partial charge < -0.3 is 10.2 Å². The van der Waals surface area contributed by atoms with E-state index in [1.807, 2.05) is 25.1 Å². The standard InChI is InChI=1S/C29H29F3N6O/c1-20-5-6-22(16-21(20)8-10-25-18-33-27-4-3-11-34-38(25)27)28(39)35-24-9-7-23(26(17-24)29(30,31)32)19-37-14-12-36(2)13-15-37/h5-7,9,11,16-18H,3-4,12-15,19H2,1-2H3,(H,35,39). The number of carbonyl (C=O) groups excluding carboxylic acids is 1. The molecular weight excluding hydrogens is 505 g/mol. The number of hydrogen-bond donors (Lipinski definition) is 1. The summed E-state index contributed by atoms with van der Waals surface area (Å²) >= 11 is 0. The van der Waals surface area contributed by atoms with Crippen molar-refractivity contribution in [2.45, 2.75) is 32.5 Å². The van der Waals surface area contributed by atoms with E-state index in [2.05, 4.69) is 32.1 Å². The molecule has 0 aliphatic carbocycles. The average molecular weight is 535 g/mol. The molecular formula is C29H29F3N6O. The number of imidazole rings is 1. The number of hydrogen-bond acceptors (Lipinski definition) is 5. The summed E-state index contributed by atoms with van der Waals surface area (Å²) in [6.07, 6.45) is 0.588. The number of aryl methyl sites for hydroxylation is 2. The summed E-state index contributed by atoms with van der Waals surface area (Å²) in [5, 5.41) is 6.95. The first-order valence-electron chi connectivity index (χ1n) is 12.8. The fourth-order valence-corrected chi connectivity index (χ4v) is 4.64. The van der Waals surface area contributed by atoms with Gasteiger partial charge in [-0.1, -0.05) is 18.1 Å². The van der Waals surface area contributed by atoms with E-state index >= 15 is 0 Å². The Morgan fingerprint density at radius 3 is 2.64 bits per heavy atom. The first-order chi connectivity index (χ1) is 18.7. The quantitative estimate of drug-likeness (QED) is 0.505. The molecule has 202 valence electrons. The minimum Gasteiger partial charge on any atom is -0.322 e. The number of nitrogens with zero attached hydrogens (tertiary/aromatic N) is 5. The molecule has 3 aromatic rings. The summed E-state index contributed by atoms with van der Waals surface area (Å²) in [6, 6.07) is 9.03. The van der Waals surface area contributed by atoms with Gasteiger partial charge in [0.2, 0.25) is 0 Å². The Kier molecular flexibility index (Phi) is 7.55. The maximum Gasteiger partial charge on any atom is 0.416 e. The van der Waals surface area contributed by atoms with Gasteiger partial charge in [0.25, 0.3) is 5.91 Å². The van der Waals surface area contributed by atoms with Gasteiger partial charge in [-0.3, -0.25) is 9.69 Å². The number of rotatable bonds is 4. The van der Waals surface area contributed by atoms with Gasteiger partial charge >= 0.3 is 6.18 Å². The molecule has 1 saturated heterocycles. The van der Waals surface area contributed by atoms with Crippen LogP contribution in [0.3, 0.4) is 0 Å². The highest BCUT2D eigenvalue weighted by Gasteiger charge is 2.34. The average Bonchev–Trinajstić information content (AvgIpc) is 3.33. The van der Waals surface area contributed by atoms with E-state index in [0.29, 0.717) is 29.9 Å². The molecule has 0 spiro atoms. The van der Waals surface area contributed by atoms with Crippen molar-refractivity contribution in [1.29, 1.82) is 0 Å². The highest BCUT2D eigenvalue weighted by molar-refractivity contribution is 6.04. The van der Waals surface area contributed by atoms with E-state index in [0.717, 1.165) is 43.4 Å². The molecule has 7 nitrogen and oxygen atoms in total. The lowest BCUT2D eigenvalue weighted by molar-refractivity contribution is -0.138. The first-order valence-corrected chi connectivity index (χ1v) is 12.8. The number of likely N-dealkylation sites (N-methyl/N-ethyl adjacent to an activating group) is 1. The van der Waals surface area contributed by atoms with Crippen LogP contribution in [0.5, 0.6) is 0 Å². The van der Waals surface area contributed by atoms with Gasteiger partial charge in [-0.25, -0.2) is 9.66 Å². The number of aromatic nitrogens is 2. The molecule has 0 saturated carbocycles. The Morgan fingerprint density at radius 1 is 1.08 bits per heavy atom. The minimum absolute atomic E-state index is 0.0893. The molecule has 0 bridgehead atoms. The third-order valence-corrected chi connectivity index (χ3v) is 6.99. The van der Waals surface area contributed by atoms with E-state index in [1.165, 1.54) is 12.1 Å². The molecule has 1 fully saturated rings.